The molecule has 2 aliphatic rings. The summed E-state index contributed by atoms with van der Waals surface area (Å²) >= 11 is 0. The highest BCUT2D eigenvalue weighted by Gasteiger charge is 2.43. The van der Waals surface area contributed by atoms with Crippen molar-refractivity contribution >= 4 is 73.1 Å². The van der Waals surface area contributed by atoms with Crippen LogP contribution in [0.5, 0.6) is 0 Å². The zero-order valence-corrected chi connectivity index (χ0v) is 46.6. The van der Waals surface area contributed by atoms with E-state index in [1.807, 2.05) is 0 Å². The quantitative estimate of drug-likeness (QED) is 0.116. The van der Waals surface area contributed by atoms with E-state index in [1.165, 1.54) is 127 Å². The molecule has 0 N–H and O–H groups in total. The van der Waals surface area contributed by atoms with Crippen molar-refractivity contribution in [1.29, 1.82) is 0 Å². The van der Waals surface area contributed by atoms with Gasteiger partial charge in [0, 0.05) is 35.0 Å². The highest BCUT2D eigenvalue weighted by molar-refractivity contribution is 7.00. The van der Waals surface area contributed by atoms with E-state index in [-0.39, 0.29) is 23.0 Å². The number of fused-ring (bicyclic) bond motifs is 6. The van der Waals surface area contributed by atoms with Gasteiger partial charge in [-0.2, -0.15) is 0 Å². The number of para-hydroxylation sites is 2. The third-order valence-corrected chi connectivity index (χ3v) is 16.7. The van der Waals surface area contributed by atoms with Gasteiger partial charge in [0.15, 0.2) is 0 Å². The van der Waals surface area contributed by atoms with Crippen LogP contribution >= 0.6 is 0 Å². The summed E-state index contributed by atoms with van der Waals surface area (Å²) in [4.78, 5) is 5.17. The van der Waals surface area contributed by atoms with Crippen molar-refractivity contribution in [2.45, 2.75) is 85.1 Å². The van der Waals surface area contributed by atoms with Crippen molar-refractivity contribution in [2.75, 3.05) is 9.80 Å². The number of rotatable bonds is 7. The van der Waals surface area contributed by atoms with Gasteiger partial charge in [-0.3, -0.25) is 0 Å². The normalized spacial score (nSPS) is 13.2. The third kappa shape index (κ3) is 8.52. The molecule has 78 heavy (non-hydrogen) atoms. The van der Waals surface area contributed by atoms with Crippen molar-refractivity contribution in [3.8, 4) is 44.5 Å². The molecule has 0 fully saturated rings. The molecule has 11 aromatic carbocycles. The first-order valence-electron chi connectivity index (χ1n) is 28.0. The summed E-state index contributed by atoms with van der Waals surface area (Å²) < 4.78 is 0. The first kappa shape index (κ1) is 49.2. The lowest BCUT2D eigenvalue weighted by Crippen LogP contribution is -2.62. The lowest BCUT2D eigenvalue weighted by molar-refractivity contribution is 0.569. The van der Waals surface area contributed by atoms with E-state index < -0.39 is 0 Å². The number of hydrogen-bond donors (Lipinski definition) is 0. The number of anilines is 5. The molecular formula is C75H67BN2. The van der Waals surface area contributed by atoms with Crippen LogP contribution in [0.1, 0.15) is 84.6 Å². The second-order valence-electron chi connectivity index (χ2n) is 25.0. The van der Waals surface area contributed by atoms with E-state index in [1.54, 1.807) is 0 Å². The third-order valence-electron chi connectivity index (χ3n) is 16.7. The molecule has 0 atom stereocenters. The molecule has 0 unspecified atom stereocenters. The molecule has 0 saturated carbocycles. The van der Waals surface area contributed by atoms with E-state index in [2.05, 4.69) is 303 Å². The lowest BCUT2D eigenvalue weighted by atomic mass is 9.33. The van der Waals surface area contributed by atoms with Crippen LogP contribution in [0, 0.1) is 0 Å². The molecule has 380 valence electrons. The van der Waals surface area contributed by atoms with Gasteiger partial charge in [0.2, 0.25) is 0 Å². The summed E-state index contributed by atoms with van der Waals surface area (Å²) in [6.07, 6.45) is 0. The van der Waals surface area contributed by atoms with Gasteiger partial charge in [-0.25, -0.2) is 0 Å². The molecule has 2 heterocycles. The number of nitrogens with zero attached hydrogens (tertiary/aromatic N) is 2. The highest BCUT2D eigenvalue weighted by atomic mass is 15.2. The summed E-state index contributed by atoms with van der Waals surface area (Å²) in [5, 5.41) is 4.99. The fourth-order valence-corrected chi connectivity index (χ4v) is 12.6. The predicted molar refractivity (Wildman–Crippen MR) is 337 cm³/mol. The second kappa shape index (κ2) is 18.7. The van der Waals surface area contributed by atoms with Crippen LogP contribution in [-0.2, 0) is 22.8 Å². The zero-order chi connectivity index (χ0) is 53.7. The minimum Gasteiger partial charge on any atom is -0.338 e. The smallest absolute Gasteiger partial charge is 0.252 e. The van der Waals surface area contributed by atoms with Crippen molar-refractivity contribution < 1.29 is 0 Å². The fourth-order valence-electron chi connectivity index (χ4n) is 12.6. The Morgan fingerprint density at radius 2 is 0.782 bits per heavy atom. The molecule has 11 aromatic rings. The molecular weight excluding hydrogens is 940 g/mol. The van der Waals surface area contributed by atoms with Gasteiger partial charge in [0.25, 0.3) is 6.71 Å². The average molecular weight is 1010 g/mol. The topological polar surface area (TPSA) is 6.48 Å². The molecule has 13 rings (SSSR count). The maximum absolute atomic E-state index is 2.61. The Morgan fingerprint density at radius 3 is 1.36 bits per heavy atom. The van der Waals surface area contributed by atoms with Crippen molar-refractivity contribution in [2.24, 2.45) is 0 Å². The molecule has 0 spiro atoms. The van der Waals surface area contributed by atoms with Crippen molar-refractivity contribution in [3.05, 3.63) is 253 Å². The second-order valence-corrected chi connectivity index (χ2v) is 25.0. The SMILES string of the molecule is CC(C)(C)c1cc(-c2cc(-c3cc4c5c(c3)N(c3ccccc3)c3ccc(C(C)(C)C)cc3B5c3ccccc3N4Cc3ccccc3)cc(-c3c4ccccc4c(-c4ccccc4)c4ccccc34)c2)cc(C(C)(C)C)c1. The molecule has 2 aliphatic heterocycles. The van der Waals surface area contributed by atoms with Crippen LogP contribution in [0.25, 0.3) is 66.1 Å². The van der Waals surface area contributed by atoms with Gasteiger partial charge in [-0.05, 0) is 176 Å². The molecule has 0 saturated heterocycles. The van der Waals surface area contributed by atoms with Gasteiger partial charge >= 0.3 is 0 Å². The molecule has 2 nitrogen and oxygen atoms in total. The zero-order valence-electron chi connectivity index (χ0n) is 46.6. The highest BCUT2D eigenvalue weighted by Crippen LogP contribution is 2.49. The summed E-state index contributed by atoms with van der Waals surface area (Å²) in [7, 11) is 0. The van der Waals surface area contributed by atoms with Crippen molar-refractivity contribution in [3.63, 3.8) is 0 Å². The Balaban J connectivity index is 1.15. The summed E-state index contributed by atoms with van der Waals surface area (Å²) in [6.45, 7) is 21.8. The fraction of sp³-hybridized carbons (Fsp3) is 0.173. The molecule has 0 aromatic heterocycles. The number of hydrogen-bond acceptors (Lipinski definition) is 2. The Morgan fingerprint density at radius 1 is 0.321 bits per heavy atom. The van der Waals surface area contributed by atoms with Gasteiger partial charge in [0.1, 0.15) is 0 Å². The van der Waals surface area contributed by atoms with Gasteiger partial charge in [-0.15, -0.1) is 0 Å². The van der Waals surface area contributed by atoms with Gasteiger partial charge in [-0.1, -0.05) is 238 Å². The van der Waals surface area contributed by atoms with E-state index in [0.29, 0.717) is 0 Å². The summed E-state index contributed by atoms with van der Waals surface area (Å²) in [5.41, 5.74) is 25.0. The monoisotopic (exact) mass is 1010 g/mol. The number of benzene rings is 11. The summed E-state index contributed by atoms with van der Waals surface area (Å²) in [5.74, 6) is 0. The maximum Gasteiger partial charge on any atom is 0.252 e. The molecule has 0 aliphatic carbocycles. The van der Waals surface area contributed by atoms with Crippen LogP contribution in [0.3, 0.4) is 0 Å². The van der Waals surface area contributed by atoms with Crippen LogP contribution in [-0.4, -0.2) is 6.71 Å². The molecule has 3 heteroatoms. The Labute approximate surface area is 462 Å². The first-order chi connectivity index (χ1) is 37.6. The van der Waals surface area contributed by atoms with Crippen LogP contribution in [0.2, 0.25) is 0 Å². The van der Waals surface area contributed by atoms with Crippen LogP contribution in [0.4, 0.5) is 28.4 Å². The van der Waals surface area contributed by atoms with E-state index in [4.69, 9.17) is 0 Å². The average Bonchev–Trinajstić information content (AvgIpc) is 3.21. The van der Waals surface area contributed by atoms with Crippen LogP contribution in [0.15, 0.2) is 231 Å². The van der Waals surface area contributed by atoms with E-state index in [9.17, 15) is 0 Å². The minimum atomic E-state index is -0.0584. The Bertz CT molecular complexity index is 4030. The minimum absolute atomic E-state index is 0.0169. The standard InChI is InChI=1S/C75H67BN2/c1-73(2,3)56-37-38-67-65(47-56)76-64-35-23-24-36-66(64)77(48-49-25-13-10-14-26-49)68-44-54(45-69(72(68)76)78(67)59-29-17-12-18-30-59)52-39-51(53-42-57(74(4,5)6)46-58(43-53)75(7,8)9)40-55(41-52)71-62-33-21-19-31-60(62)70(50-27-15-11-16-28-50)61-32-20-22-34-63(61)71/h10-47H,48H2,1-9H3. The van der Waals surface area contributed by atoms with E-state index in [0.717, 1.165) is 12.2 Å². The van der Waals surface area contributed by atoms with Crippen molar-refractivity contribution in [1.82, 2.24) is 0 Å². The van der Waals surface area contributed by atoms with Gasteiger partial charge < -0.3 is 9.80 Å². The predicted octanol–water partition coefficient (Wildman–Crippen LogP) is 18.5. The molecule has 0 radical (unpaired) electrons. The lowest BCUT2D eigenvalue weighted by Gasteiger charge is -2.45. The Kier molecular flexibility index (Phi) is 11.8. The summed E-state index contributed by atoms with van der Waals surface area (Å²) in [6, 6.07) is 87.6. The molecule has 0 bridgehead atoms. The van der Waals surface area contributed by atoms with E-state index >= 15 is 0 Å². The molecule has 0 amide bonds. The maximum atomic E-state index is 2.61. The Hall–Kier alpha value is -8.40. The first-order valence-corrected chi connectivity index (χ1v) is 28.0. The largest absolute Gasteiger partial charge is 0.338 e. The van der Waals surface area contributed by atoms with Gasteiger partial charge in [0.05, 0.1) is 0 Å². The van der Waals surface area contributed by atoms with Crippen LogP contribution < -0.4 is 26.2 Å².